The second-order valence-electron chi connectivity index (χ2n) is 5.88. The predicted molar refractivity (Wildman–Crippen MR) is 105 cm³/mol. The molecule has 4 aromatic heterocycles. The molecule has 9 heteroatoms. The molecular formula is C19H15FN6OS. The molecule has 4 heterocycles. The minimum absolute atomic E-state index is 0.280. The third-order valence-electron chi connectivity index (χ3n) is 3.90. The number of halogens is 1. The van der Waals surface area contributed by atoms with Gasteiger partial charge in [0.05, 0.1) is 23.9 Å². The van der Waals surface area contributed by atoms with E-state index in [1.54, 1.807) is 41.5 Å². The van der Waals surface area contributed by atoms with Gasteiger partial charge in [0, 0.05) is 24.3 Å². The Labute approximate surface area is 163 Å². The van der Waals surface area contributed by atoms with Crippen molar-refractivity contribution in [2.75, 3.05) is 5.32 Å². The molecule has 0 aliphatic rings. The number of pyridine rings is 1. The first-order valence-electron chi connectivity index (χ1n) is 8.36. The molecule has 4 rings (SSSR count). The lowest BCUT2D eigenvalue weighted by Gasteiger charge is -2.09. The molecule has 0 unspecified atom stereocenters. The zero-order chi connectivity index (χ0) is 19.3. The van der Waals surface area contributed by atoms with Crippen LogP contribution in [0.25, 0.3) is 12.2 Å². The molecule has 0 spiro atoms. The van der Waals surface area contributed by atoms with Crippen molar-refractivity contribution in [2.24, 2.45) is 0 Å². The van der Waals surface area contributed by atoms with Gasteiger partial charge in [-0.15, -0.1) is 11.3 Å². The number of hydrogen-bond donors (Lipinski definition) is 2. The van der Waals surface area contributed by atoms with Gasteiger partial charge in [-0.1, -0.05) is 0 Å². The summed E-state index contributed by atoms with van der Waals surface area (Å²) in [7, 11) is 0. The molecule has 0 radical (unpaired) electrons. The minimum Gasteiger partial charge on any atom is -0.345 e. The summed E-state index contributed by atoms with van der Waals surface area (Å²) in [6.45, 7) is 0.366. The lowest BCUT2D eigenvalue weighted by Crippen LogP contribution is -2.17. The lowest BCUT2D eigenvalue weighted by atomic mass is 10.2. The molecule has 140 valence electrons. The molecule has 4 aromatic rings. The van der Waals surface area contributed by atoms with E-state index in [0.29, 0.717) is 17.4 Å². The summed E-state index contributed by atoms with van der Waals surface area (Å²) >= 11 is 1.34. The Morgan fingerprint density at radius 3 is 3.11 bits per heavy atom. The summed E-state index contributed by atoms with van der Waals surface area (Å²) in [5.41, 5.74) is 2.78. The Balaban J connectivity index is 1.44. The van der Waals surface area contributed by atoms with Gasteiger partial charge in [0.1, 0.15) is 5.69 Å². The fourth-order valence-corrected chi connectivity index (χ4v) is 3.28. The van der Waals surface area contributed by atoms with Crippen molar-refractivity contribution < 1.29 is 9.18 Å². The number of aromatic amines is 1. The van der Waals surface area contributed by atoms with E-state index in [-0.39, 0.29) is 5.91 Å². The third-order valence-corrected chi connectivity index (χ3v) is 4.68. The van der Waals surface area contributed by atoms with E-state index in [1.165, 1.54) is 23.6 Å². The lowest BCUT2D eigenvalue weighted by molar-refractivity contribution is 0.101. The standard InChI is InChI=1S/C19H15FN6OS/c20-17-8-13(5-6-22-17)10-26-7-1-2-16(26)18(27)25-19-24-15(11-28-19)4-3-14-9-21-12-23-14/h1-9,11-12H,10H2,(H,21,23)(H,24,25,27). The van der Waals surface area contributed by atoms with Crippen LogP contribution in [0.15, 0.2) is 54.6 Å². The van der Waals surface area contributed by atoms with Crippen LogP contribution in [-0.4, -0.2) is 30.4 Å². The average molecular weight is 394 g/mol. The normalized spacial score (nSPS) is 11.2. The van der Waals surface area contributed by atoms with Crippen LogP contribution >= 0.6 is 11.3 Å². The molecular weight excluding hydrogens is 379 g/mol. The zero-order valence-electron chi connectivity index (χ0n) is 14.5. The van der Waals surface area contributed by atoms with Crippen molar-refractivity contribution in [2.45, 2.75) is 6.54 Å². The molecule has 0 fully saturated rings. The summed E-state index contributed by atoms with van der Waals surface area (Å²) in [5.74, 6) is -0.827. The summed E-state index contributed by atoms with van der Waals surface area (Å²) in [5, 5.41) is 5.15. The molecule has 0 saturated carbocycles. The van der Waals surface area contributed by atoms with E-state index in [4.69, 9.17) is 0 Å². The maximum atomic E-state index is 13.3. The highest BCUT2D eigenvalue weighted by Gasteiger charge is 2.13. The Hall–Kier alpha value is -3.59. The minimum atomic E-state index is -0.547. The largest absolute Gasteiger partial charge is 0.345 e. The number of carbonyl (C=O) groups is 1. The Morgan fingerprint density at radius 1 is 1.36 bits per heavy atom. The molecule has 0 aromatic carbocycles. The van der Waals surface area contributed by atoms with Crippen molar-refractivity contribution in [3.8, 4) is 0 Å². The number of nitrogens with zero attached hydrogens (tertiary/aromatic N) is 4. The number of rotatable bonds is 6. The van der Waals surface area contributed by atoms with E-state index in [2.05, 4.69) is 25.3 Å². The molecule has 2 N–H and O–H groups in total. The number of hydrogen-bond acceptors (Lipinski definition) is 5. The van der Waals surface area contributed by atoms with E-state index in [9.17, 15) is 9.18 Å². The molecule has 0 aliphatic carbocycles. The van der Waals surface area contributed by atoms with Crippen LogP contribution in [0.2, 0.25) is 0 Å². The maximum absolute atomic E-state index is 13.3. The first-order valence-corrected chi connectivity index (χ1v) is 9.24. The quantitative estimate of drug-likeness (QED) is 0.489. The number of thiazole rings is 1. The van der Waals surface area contributed by atoms with Crippen molar-refractivity contribution >= 4 is 34.5 Å². The van der Waals surface area contributed by atoms with Gasteiger partial charge in [-0.3, -0.25) is 10.1 Å². The second-order valence-corrected chi connectivity index (χ2v) is 6.74. The van der Waals surface area contributed by atoms with Gasteiger partial charge >= 0.3 is 0 Å². The van der Waals surface area contributed by atoms with Crippen molar-refractivity contribution in [3.63, 3.8) is 0 Å². The maximum Gasteiger partial charge on any atom is 0.274 e. The smallest absolute Gasteiger partial charge is 0.274 e. The molecule has 0 bridgehead atoms. The van der Waals surface area contributed by atoms with E-state index in [1.807, 2.05) is 17.5 Å². The number of nitrogens with one attached hydrogen (secondary N) is 2. The van der Waals surface area contributed by atoms with Gasteiger partial charge in [-0.05, 0) is 42.0 Å². The SMILES string of the molecule is O=C(Nc1nc(C=Cc2cnc[nH]2)cs1)c1cccn1Cc1ccnc(F)c1. The summed E-state index contributed by atoms with van der Waals surface area (Å²) < 4.78 is 15.0. The molecule has 0 atom stereocenters. The van der Waals surface area contributed by atoms with Crippen LogP contribution in [0.1, 0.15) is 27.4 Å². The molecule has 1 amide bonds. The topological polar surface area (TPSA) is 88.5 Å². The first kappa shape index (κ1) is 17.8. The summed E-state index contributed by atoms with van der Waals surface area (Å²) in [6.07, 6.45) is 10.2. The van der Waals surface area contributed by atoms with Crippen LogP contribution in [0, 0.1) is 5.95 Å². The Kier molecular flexibility index (Phi) is 5.07. The Bertz CT molecular complexity index is 1120. The van der Waals surface area contributed by atoms with E-state index < -0.39 is 5.95 Å². The highest BCUT2D eigenvalue weighted by molar-refractivity contribution is 7.14. The van der Waals surface area contributed by atoms with Crippen molar-refractivity contribution in [1.82, 2.24) is 24.5 Å². The number of imidazole rings is 1. The highest BCUT2D eigenvalue weighted by atomic mass is 32.1. The monoisotopic (exact) mass is 394 g/mol. The van der Waals surface area contributed by atoms with Crippen LogP contribution in [0.3, 0.4) is 0 Å². The van der Waals surface area contributed by atoms with Crippen LogP contribution in [-0.2, 0) is 6.54 Å². The molecule has 28 heavy (non-hydrogen) atoms. The van der Waals surface area contributed by atoms with Gasteiger partial charge in [0.25, 0.3) is 5.91 Å². The molecule has 0 aliphatic heterocycles. The predicted octanol–water partition coefficient (Wildman–Crippen LogP) is 3.67. The van der Waals surface area contributed by atoms with Gasteiger partial charge in [-0.2, -0.15) is 4.39 Å². The van der Waals surface area contributed by atoms with Crippen molar-refractivity contribution in [3.05, 3.63) is 83.2 Å². The van der Waals surface area contributed by atoms with Crippen LogP contribution < -0.4 is 5.32 Å². The summed E-state index contributed by atoms with van der Waals surface area (Å²) in [6, 6.07) is 6.54. The Morgan fingerprint density at radius 2 is 2.29 bits per heavy atom. The third kappa shape index (κ3) is 4.21. The fourth-order valence-electron chi connectivity index (χ4n) is 2.61. The van der Waals surface area contributed by atoms with Gasteiger partial charge < -0.3 is 9.55 Å². The first-order chi connectivity index (χ1) is 13.7. The number of H-pyrrole nitrogens is 1. The number of aromatic nitrogens is 5. The second kappa shape index (κ2) is 7.97. The van der Waals surface area contributed by atoms with Gasteiger partial charge in [0.15, 0.2) is 5.13 Å². The van der Waals surface area contributed by atoms with Crippen molar-refractivity contribution in [1.29, 1.82) is 0 Å². The molecule has 0 saturated heterocycles. The number of amides is 1. The highest BCUT2D eigenvalue weighted by Crippen LogP contribution is 2.19. The van der Waals surface area contributed by atoms with E-state index in [0.717, 1.165) is 17.0 Å². The molecule has 7 nitrogen and oxygen atoms in total. The van der Waals surface area contributed by atoms with Gasteiger partial charge in [-0.25, -0.2) is 15.0 Å². The van der Waals surface area contributed by atoms with Gasteiger partial charge in [0.2, 0.25) is 5.95 Å². The zero-order valence-corrected chi connectivity index (χ0v) is 15.4. The number of carbonyl (C=O) groups excluding carboxylic acids is 1. The summed E-state index contributed by atoms with van der Waals surface area (Å²) in [4.78, 5) is 27.5. The van der Waals surface area contributed by atoms with Crippen LogP contribution in [0.5, 0.6) is 0 Å². The van der Waals surface area contributed by atoms with Crippen LogP contribution in [0.4, 0.5) is 9.52 Å². The average Bonchev–Trinajstić information content (AvgIpc) is 3.42. The number of anilines is 1. The fraction of sp³-hybridized carbons (Fsp3) is 0.0526. The van der Waals surface area contributed by atoms with E-state index >= 15 is 0 Å².